The number of allylic oxidation sites excluding steroid dienone is 4. The Bertz CT molecular complexity index is 634. The average molecular weight is 417 g/mol. The highest BCUT2D eigenvalue weighted by Crippen LogP contribution is 2.26. The number of carbonyl (C=O) groups is 1. The molecule has 1 N–H and O–H groups in total. The van der Waals surface area contributed by atoms with Gasteiger partial charge in [-0.1, -0.05) is 69.4 Å². The van der Waals surface area contributed by atoms with Crippen molar-refractivity contribution < 1.29 is 19.4 Å². The maximum atomic E-state index is 11.9. The van der Waals surface area contributed by atoms with E-state index in [1.807, 2.05) is 0 Å². The van der Waals surface area contributed by atoms with Crippen LogP contribution in [0.15, 0.2) is 42.5 Å². The molecule has 0 aliphatic rings. The lowest BCUT2D eigenvalue weighted by molar-refractivity contribution is -0.145. The number of phenolic OH excluding ortho intramolecular Hbond substituents is 1. The predicted molar refractivity (Wildman–Crippen MR) is 124 cm³/mol. The van der Waals surface area contributed by atoms with Crippen molar-refractivity contribution in [2.45, 2.75) is 90.6 Å². The molecule has 0 saturated carbocycles. The van der Waals surface area contributed by atoms with Crippen molar-refractivity contribution in [1.82, 2.24) is 0 Å². The van der Waals surface area contributed by atoms with E-state index in [9.17, 15) is 9.90 Å². The summed E-state index contributed by atoms with van der Waals surface area (Å²) < 4.78 is 10.4. The van der Waals surface area contributed by atoms with E-state index >= 15 is 0 Å². The Balaban J connectivity index is 1.96. The molecule has 0 aliphatic heterocycles. The molecule has 0 amide bonds. The minimum absolute atomic E-state index is 0.0812. The highest BCUT2D eigenvalue weighted by molar-refractivity contribution is 5.69. The minimum Gasteiger partial charge on any atom is -0.504 e. The average Bonchev–Trinajstić information content (AvgIpc) is 2.75. The third-order valence-electron chi connectivity index (χ3n) is 4.98. The number of ether oxygens (including phenoxy) is 2. The van der Waals surface area contributed by atoms with Crippen molar-refractivity contribution in [3.05, 3.63) is 48.1 Å². The van der Waals surface area contributed by atoms with Crippen molar-refractivity contribution in [2.24, 2.45) is 0 Å². The molecule has 1 aromatic carbocycles. The molecule has 168 valence electrons. The molecule has 0 aliphatic carbocycles. The van der Waals surface area contributed by atoms with E-state index in [2.05, 4.69) is 31.2 Å². The van der Waals surface area contributed by atoms with Crippen molar-refractivity contribution in [1.29, 1.82) is 0 Å². The molecule has 0 aromatic heterocycles. The van der Waals surface area contributed by atoms with Gasteiger partial charge in [-0.15, -0.1) is 0 Å². The van der Waals surface area contributed by atoms with Gasteiger partial charge >= 0.3 is 5.97 Å². The first-order valence-corrected chi connectivity index (χ1v) is 11.5. The van der Waals surface area contributed by atoms with Gasteiger partial charge in [0.2, 0.25) is 0 Å². The van der Waals surface area contributed by atoms with Crippen LogP contribution < -0.4 is 4.74 Å². The molecule has 0 atom stereocenters. The molecule has 0 unspecified atom stereocenters. The number of unbranched alkanes of at least 4 members (excludes halogenated alkanes) is 8. The molecule has 4 nitrogen and oxygen atoms in total. The Hall–Kier alpha value is -2.23. The van der Waals surface area contributed by atoms with E-state index in [-0.39, 0.29) is 18.3 Å². The van der Waals surface area contributed by atoms with E-state index in [1.165, 1.54) is 45.6 Å². The molecule has 30 heavy (non-hydrogen) atoms. The van der Waals surface area contributed by atoms with Crippen LogP contribution in [0.5, 0.6) is 11.5 Å². The molecular weight excluding hydrogens is 376 g/mol. The van der Waals surface area contributed by atoms with E-state index in [4.69, 9.17) is 9.47 Å². The molecule has 4 heteroatoms. The van der Waals surface area contributed by atoms with Crippen molar-refractivity contribution >= 4 is 5.97 Å². The molecule has 0 spiro atoms. The number of phenols is 1. The van der Waals surface area contributed by atoms with Crippen LogP contribution in [0, 0.1) is 0 Å². The minimum atomic E-state index is -0.173. The Morgan fingerprint density at radius 1 is 0.933 bits per heavy atom. The Labute approximate surface area is 183 Å². The zero-order chi connectivity index (χ0) is 21.9. The fourth-order valence-corrected chi connectivity index (χ4v) is 3.13. The second kappa shape index (κ2) is 17.6. The van der Waals surface area contributed by atoms with E-state index < -0.39 is 0 Å². The lowest BCUT2D eigenvalue weighted by Gasteiger charge is -2.08. The van der Waals surface area contributed by atoms with Gasteiger partial charge in [0.1, 0.15) is 6.61 Å². The summed E-state index contributed by atoms with van der Waals surface area (Å²) in [6.45, 7) is 2.44. The lowest BCUT2D eigenvalue weighted by Crippen LogP contribution is -2.04. The second-order valence-corrected chi connectivity index (χ2v) is 7.65. The summed E-state index contributed by atoms with van der Waals surface area (Å²) in [7, 11) is 1.49. The number of methoxy groups -OCH3 is 1. The quantitative estimate of drug-likeness (QED) is 0.165. The summed E-state index contributed by atoms with van der Waals surface area (Å²) in [5.74, 6) is 0.294. The van der Waals surface area contributed by atoms with Gasteiger partial charge in [-0.2, -0.15) is 0 Å². The molecule has 1 aromatic rings. The summed E-state index contributed by atoms with van der Waals surface area (Å²) in [4.78, 5) is 11.9. The Morgan fingerprint density at radius 3 is 2.30 bits per heavy atom. The zero-order valence-corrected chi connectivity index (χ0v) is 18.9. The number of carbonyl (C=O) groups excluding carboxylic acids is 1. The summed E-state index contributed by atoms with van der Waals surface area (Å²) in [6.07, 6.45) is 22.4. The third-order valence-corrected chi connectivity index (χ3v) is 4.98. The van der Waals surface area contributed by atoms with Crippen LogP contribution >= 0.6 is 0 Å². The highest BCUT2D eigenvalue weighted by Gasteiger charge is 2.06. The molecule has 0 fully saturated rings. The van der Waals surface area contributed by atoms with E-state index in [0.29, 0.717) is 12.2 Å². The van der Waals surface area contributed by atoms with Gasteiger partial charge in [-0.3, -0.25) is 4.79 Å². The first kappa shape index (κ1) is 25.8. The lowest BCUT2D eigenvalue weighted by atomic mass is 10.1. The van der Waals surface area contributed by atoms with Gasteiger partial charge in [0.15, 0.2) is 11.5 Å². The molecular formula is C26H40O4. The Morgan fingerprint density at radius 2 is 1.60 bits per heavy atom. The number of hydrogen-bond donors (Lipinski definition) is 1. The predicted octanol–water partition coefficient (Wildman–Crippen LogP) is 7.26. The van der Waals surface area contributed by atoms with Crippen LogP contribution in [-0.4, -0.2) is 18.2 Å². The summed E-state index contributed by atoms with van der Waals surface area (Å²) >= 11 is 0. The van der Waals surface area contributed by atoms with Crippen LogP contribution in [0.3, 0.4) is 0 Å². The zero-order valence-electron chi connectivity index (χ0n) is 18.9. The molecule has 0 radical (unpaired) electrons. The Kier molecular flexibility index (Phi) is 15.2. The second-order valence-electron chi connectivity index (χ2n) is 7.65. The SMILES string of the molecule is CCCCC/C=C\C/C=C\CCCCCCCC(=O)OCc1ccc(O)c(OC)c1. The van der Waals surface area contributed by atoms with Crippen LogP contribution in [0.1, 0.15) is 89.5 Å². The number of rotatable bonds is 17. The number of esters is 1. The topological polar surface area (TPSA) is 55.8 Å². The van der Waals surface area contributed by atoms with Gasteiger partial charge in [-0.05, 0) is 56.2 Å². The van der Waals surface area contributed by atoms with Crippen molar-refractivity contribution in [2.75, 3.05) is 7.11 Å². The first-order valence-electron chi connectivity index (χ1n) is 11.5. The third kappa shape index (κ3) is 13.1. The highest BCUT2D eigenvalue weighted by atomic mass is 16.5. The maximum Gasteiger partial charge on any atom is 0.306 e. The maximum absolute atomic E-state index is 11.9. The van der Waals surface area contributed by atoms with E-state index in [1.54, 1.807) is 18.2 Å². The smallest absolute Gasteiger partial charge is 0.306 e. The van der Waals surface area contributed by atoms with Crippen LogP contribution in [-0.2, 0) is 16.1 Å². The largest absolute Gasteiger partial charge is 0.504 e. The van der Waals surface area contributed by atoms with Crippen LogP contribution in [0.2, 0.25) is 0 Å². The van der Waals surface area contributed by atoms with Gasteiger partial charge in [0, 0.05) is 6.42 Å². The number of benzene rings is 1. The van der Waals surface area contributed by atoms with Gasteiger partial charge < -0.3 is 14.6 Å². The molecule has 1 rings (SSSR count). The summed E-state index contributed by atoms with van der Waals surface area (Å²) in [6, 6.07) is 4.95. The standard InChI is InChI=1S/C26H40O4/c1-3-4-5-6-7-8-9-10-11-12-13-14-15-16-17-18-26(28)30-22-23-19-20-24(27)25(21-23)29-2/h7-8,10-11,19-21,27H,3-6,9,12-18,22H2,1-2H3/b8-7-,11-10-. The van der Waals surface area contributed by atoms with Crippen LogP contribution in [0.4, 0.5) is 0 Å². The van der Waals surface area contributed by atoms with Crippen molar-refractivity contribution in [3.63, 3.8) is 0 Å². The molecule has 0 saturated heterocycles. The summed E-state index contributed by atoms with van der Waals surface area (Å²) in [5, 5.41) is 9.58. The summed E-state index contributed by atoms with van der Waals surface area (Å²) in [5.41, 5.74) is 0.804. The van der Waals surface area contributed by atoms with Gasteiger partial charge in [0.05, 0.1) is 7.11 Å². The molecule has 0 bridgehead atoms. The van der Waals surface area contributed by atoms with Gasteiger partial charge in [-0.25, -0.2) is 0 Å². The normalized spacial score (nSPS) is 11.4. The fourth-order valence-electron chi connectivity index (χ4n) is 3.13. The number of aromatic hydroxyl groups is 1. The monoisotopic (exact) mass is 416 g/mol. The van der Waals surface area contributed by atoms with Gasteiger partial charge in [0.25, 0.3) is 0 Å². The fraction of sp³-hybridized carbons (Fsp3) is 0.577. The van der Waals surface area contributed by atoms with Crippen molar-refractivity contribution in [3.8, 4) is 11.5 Å². The van der Waals surface area contributed by atoms with E-state index in [0.717, 1.165) is 37.7 Å². The first-order chi connectivity index (χ1) is 14.7. The van der Waals surface area contributed by atoms with Crippen LogP contribution in [0.25, 0.3) is 0 Å². The number of hydrogen-bond acceptors (Lipinski definition) is 4. The molecule has 0 heterocycles.